The summed E-state index contributed by atoms with van der Waals surface area (Å²) in [5.74, 6) is 1.77. The Hall–Kier alpha value is -4.25. The molecule has 11 nitrogen and oxygen atoms in total. The van der Waals surface area contributed by atoms with Crippen molar-refractivity contribution in [3.05, 3.63) is 70.5 Å². The molecule has 0 spiro atoms. The molecule has 0 bridgehead atoms. The summed E-state index contributed by atoms with van der Waals surface area (Å²) in [6.45, 7) is 3.84. The van der Waals surface area contributed by atoms with Crippen molar-refractivity contribution in [1.82, 2.24) is 14.9 Å². The van der Waals surface area contributed by atoms with Crippen molar-refractivity contribution in [1.29, 1.82) is 0 Å². The van der Waals surface area contributed by atoms with Gasteiger partial charge in [-0.25, -0.2) is 9.97 Å². The van der Waals surface area contributed by atoms with E-state index < -0.39 is 4.92 Å². The molecular formula is C24H25N7O4. The number of piperazine rings is 1. The minimum Gasteiger partial charge on any atom is -0.489 e. The second-order valence-corrected chi connectivity index (χ2v) is 8.65. The molecule has 0 aliphatic carbocycles. The standard InChI is InChI=1S/C24H25N7O4/c1-28-8-9-30-20(13-28)14-35-22-10-18(4-7-21(22)30)27-23-11-24(26-15-25-23)29(16-32)12-17-2-5-19(6-3-17)31(33)34/h2-7,10-11,15-16,20H,8-9,12-14H2,1H3,(H,25,26,27). The molecule has 2 aromatic carbocycles. The number of amides is 1. The number of nitro benzene ring substituents is 1. The zero-order valence-corrected chi connectivity index (χ0v) is 19.2. The highest BCUT2D eigenvalue weighted by Crippen LogP contribution is 2.37. The molecule has 0 saturated carbocycles. The molecule has 2 aliphatic rings. The second kappa shape index (κ2) is 9.55. The number of anilines is 4. The average molecular weight is 476 g/mol. The van der Waals surface area contributed by atoms with Gasteiger partial charge in [0.1, 0.15) is 30.3 Å². The number of nitrogens with one attached hydrogen (secondary N) is 1. The summed E-state index contributed by atoms with van der Waals surface area (Å²) in [4.78, 5) is 36.8. The zero-order valence-electron chi connectivity index (χ0n) is 19.2. The molecule has 5 rings (SSSR count). The van der Waals surface area contributed by atoms with Crippen LogP contribution in [0.4, 0.5) is 28.7 Å². The van der Waals surface area contributed by atoms with E-state index in [4.69, 9.17) is 4.74 Å². The third-order valence-corrected chi connectivity index (χ3v) is 6.23. The number of non-ortho nitro benzene ring substituents is 1. The summed E-state index contributed by atoms with van der Waals surface area (Å²) in [7, 11) is 2.13. The van der Waals surface area contributed by atoms with E-state index >= 15 is 0 Å². The highest BCUT2D eigenvalue weighted by atomic mass is 16.6. The van der Waals surface area contributed by atoms with E-state index in [1.54, 1.807) is 18.2 Å². The predicted molar refractivity (Wildman–Crippen MR) is 131 cm³/mol. The van der Waals surface area contributed by atoms with Crippen molar-refractivity contribution >= 4 is 35.1 Å². The van der Waals surface area contributed by atoms with Crippen LogP contribution in [0.25, 0.3) is 0 Å². The van der Waals surface area contributed by atoms with E-state index in [9.17, 15) is 14.9 Å². The number of likely N-dealkylation sites (N-methyl/N-ethyl adjacent to an activating group) is 1. The number of rotatable bonds is 7. The van der Waals surface area contributed by atoms with E-state index in [0.717, 1.165) is 42.3 Å². The van der Waals surface area contributed by atoms with E-state index in [1.165, 1.54) is 23.4 Å². The minimum atomic E-state index is -0.459. The number of fused-ring (bicyclic) bond motifs is 3. The molecule has 35 heavy (non-hydrogen) atoms. The maximum atomic E-state index is 11.8. The van der Waals surface area contributed by atoms with Crippen LogP contribution in [0.1, 0.15) is 5.56 Å². The van der Waals surface area contributed by atoms with Gasteiger partial charge >= 0.3 is 0 Å². The molecule has 3 aromatic rings. The van der Waals surface area contributed by atoms with Gasteiger partial charge in [0.15, 0.2) is 0 Å². The van der Waals surface area contributed by atoms with Gasteiger partial charge in [-0.15, -0.1) is 0 Å². The number of hydrogen-bond donors (Lipinski definition) is 1. The highest BCUT2D eigenvalue weighted by molar-refractivity contribution is 5.75. The molecule has 1 saturated heterocycles. The Morgan fingerprint density at radius 3 is 2.80 bits per heavy atom. The summed E-state index contributed by atoms with van der Waals surface area (Å²) in [5.41, 5.74) is 2.65. The number of carbonyl (C=O) groups is 1. The maximum absolute atomic E-state index is 11.8. The lowest BCUT2D eigenvalue weighted by atomic mass is 10.1. The first kappa shape index (κ1) is 22.5. The Balaban J connectivity index is 1.30. The van der Waals surface area contributed by atoms with Crippen molar-refractivity contribution in [2.45, 2.75) is 12.6 Å². The first-order valence-corrected chi connectivity index (χ1v) is 11.3. The fraction of sp³-hybridized carbons (Fsp3) is 0.292. The Kier molecular flexibility index (Phi) is 6.15. The largest absolute Gasteiger partial charge is 0.489 e. The number of benzene rings is 2. The molecule has 1 fully saturated rings. The fourth-order valence-corrected chi connectivity index (χ4v) is 4.41. The first-order chi connectivity index (χ1) is 17.0. The molecular weight excluding hydrogens is 450 g/mol. The molecule has 1 N–H and O–H groups in total. The summed E-state index contributed by atoms with van der Waals surface area (Å²) >= 11 is 0. The normalized spacial score (nSPS) is 17.1. The lowest BCUT2D eigenvalue weighted by Crippen LogP contribution is -2.56. The molecule has 1 amide bonds. The van der Waals surface area contributed by atoms with Crippen LogP contribution in [0.5, 0.6) is 5.75 Å². The van der Waals surface area contributed by atoms with Crippen molar-refractivity contribution in [2.75, 3.05) is 48.4 Å². The molecule has 1 atom stereocenters. The Morgan fingerprint density at radius 2 is 2.03 bits per heavy atom. The number of nitrogens with zero attached hydrogens (tertiary/aromatic N) is 6. The summed E-state index contributed by atoms with van der Waals surface area (Å²) in [6, 6.07) is 14.1. The molecule has 11 heteroatoms. The van der Waals surface area contributed by atoms with E-state index in [0.29, 0.717) is 30.7 Å². The predicted octanol–water partition coefficient (Wildman–Crippen LogP) is 2.80. The molecule has 2 aliphatic heterocycles. The van der Waals surface area contributed by atoms with Gasteiger partial charge in [0.25, 0.3) is 5.69 Å². The van der Waals surface area contributed by atoms with Crippen molar-refractivity contribution in [3.8, 4) is 5.75 Å². The van der Waals surface area contributed by atoms with Gasteiger partial charge in [0, 0.05) is 49.6 Å². The van der Waals surface area contributed by atoms with Crippen LogP contribution in [0, 0.1) is 10.1 Å². The lowest BCUT2D eigenvalue weighted by molar-refractivity contribution is -0.384. The number of ether oxygens (including phenoxy) is 1. The SMILES string of the molecule is CN1CCN2c3ccc(Nc4cc(N(C=O)Cc5ccc([N+](=O)[O-])cc5)ncn4)cc3OCC2C1. The quantitative estimate of drug-likeness (QED) is 0.313. The van der Waals surface area contributed by atoms with Gasteiger partial charge in [-0.1, -0.05) is 12.1 Å². The van der Waals surface area contributed by atoms with Crippen LogP contribution in [0.15, 0.2) is 54.9 Å². The zero-order chi connectivity index (χ0) is 24.4. The Labute approximate surface area is 202 Å². The maximum Gasteiger partial charge on any atom is 0.269 e. The average Bonchev–Trinajstić information content (AvgIpc) is 2.87. The van der Waals surface area contributed by atoms with E-state index in [1.807, 2.05) is 12.1 Å². The molecule has 1 unspecified atom stereocenters. The van der Waals surface area contributed by atoms with Gasteiger partial charge in [0.2, 0.25) is 6.41 Å². The highest BCUT2D eigenvalue weighted by Gasteiger charge is 2.31. The number of nitro groups is 1. The van der Waals surface area contributed by atoms with Gasteiger partial charge in [-0.3, -0.25) is 19.8 Å². The van der Waals surface area contributed by atoms with Crippen LogP contribution in [-0.2, 0) is 11.3 Å². The monoisotopic (exact) mass is 475 g/mol. The van der Waals surface area contributed by atoms with Crippen LogP contribution < -0.4 is 19.9 Å². The van der Waals surface area contributed by atoms with Crippen molar-refractivity contribution in [2.24, 2.45) is 0 Å². The van der Waals surface area contributed by atoms with Gasteiger partial charge in [-0.05, 0) is 24.7 Å². The third kappa shape index (κ3) is 4.85. The lowest BCUT2D eigenvalue weighted by Gasteiger charge is -2.44. The topological polar surface area (TPSA) is 117 Å². The Morgan fingerprint density at radius 1 is 1.20 bits per heavy atom. The van der Waals surface area contributed by atoms with Gasteiger partial charge < -0.3 is 19.9 Å². The van der Waals surface area contributed by atoms with Crippen molar-refractivity contribution < 1.29 is 14.5 Å². The fourth-order valence-electron chi connectivity index (χ4n) is 4.41. The van der Waals surface area contributed by atoms with E-state index in [2.05, 4.69) is 38.2 Å². The minimum absolute atomic E-state index is 0.00269. The summed E-state index contributed by atoms with van der Waals surface area (Å²) in [5, 5.41) is 14.1. The van der Waals surface area contributed by atoms with Crippen LogP contribution in [0.3, 0.4) is 0 Å². The summed E-state index contributed by atoms with van der Waals surface area (Å²) < 4.78 is 6.05. The molecule has 0 radical (unpaired) electrons. The van der Waals surface area contributed by atoms with E-state index in [-0.39, 0.29) is 12.2 Å². The van der Waals surface area contributed by atoms with Crippen molar-refractivity contribution in [3.63, 3.8) is 0 Å². The third-order valence-electron chi connectivity index (χ3n) is 6.23. The Bertz CT molecular complexity index is 1240. The van der Waals surface area contributed by atoms with Crippen LogP contribution >= 0.6 is 0 Å². The number of aromatic nitrogens is 2. The number of carbonyl (C=O) groups excluding carboxylic acids is 1. The smallest absolute Gasteiger partial charge is 0.269 e. The first-order valence-electron chi connectivity index (χ1n) is 11.3. The van der Waals surface area contributed by atoms with Gasteiger partial charge in [-0.2, -0.15) is 0 Å². The van der Waals surface area contributed by atoms with Crippen LogP contribution in [0.2, 0.25) is 0 Å². The van der Waals surface area contributed by atoms with Crippen LogP contribution in [-0.4, -0.2) is 65.5 Å². The molecule has 180 valence electrons. The second-order valence-electron chi connectivity index (χ2n) is 8.65. The molecule has 3 heterocycles. The summed E-state index contributed by atoms with van der Waals surface area (Å²) in [6.07, 6.45) is 2.06. The molecule has 1 aromatic heterocycles. The number of hydrogen-bond acceptors (Lipinski definition) is 9. The van der Waals surface area contributed by atoms with Gasteiger partial charge in [0.05, 0.1) is 23.2 Å².